The number of nitrogen functional groups attached to an aromatic ring is 1. The molecular formula is C23H20F3N5O. The number of pyridine rings is 1. The van der Waals surface area contributed by atoms with Crippen molar-refractivity contribution in [1.29, 1.82) is 0 Å². The van der Waals surface area contributed by atoms with E-state index in [1.54, 1.807) is 0 Å². The number of nitrogens with zero attached hydrogens (tertiary/aromatic N) is 2. The van der Waals surface area contributed by atoms with E-state index < -0.39 is 11.7 Å². The zero-order valence-electron chi connectivity index (χ0n) is 17.1. The monoisotopic (exact) mass is 439 g/mol. The van der Waals surface area contributed by atoms with Crippen LogP contribution in [0.4, 0.5) is 24.7 Å². The van der Waals surface area contributed by atoms with Gasteiger partial charge in [-0.1, -0.05) is 12.1 Å². The third kappa shape index (κ3) is 3.81. The molecule has 1 unspecified atom stereocenters. The van der Waals surface area contributed by atoms with Gasteiger partial charge in [0.1, 0.15) is 24.0 Å². The lowest BCUT2D eigenvalue weighted by atomic mass is 10.0. The van der Waals surface area contributed by atoms with E-state index in [9.17, 15) is 13.2 Å². The fraction of sp³-hybridized carbons (Fsp3) is 0.217. The zero-order chi connectivity index (χ0) is 22.5. The molecule has 5 rings (SSSR count). The van der Waals surface area contributed by atoms with Crippen LogP contribution in [0, 0.1) is 6.92 Å². The van der Waals surface area contributed by atoms with Crippen LogP contribution in [0.2, 0.25) is 0 Å². The molecule has 3 heterocycles. The van der Waals surface area contributed by atoms with Crippen molar-refractivity contribution in [3.63, 3.8) is 0 Å². The molecule has 0 bridgehead atoms. The standard InChI is InChI=1S/C23H20F3N5O/c1-12-28-21-17(10-20(27)31-22(21)29-12)19-9-14-8-13(2-7-18(14)30-19)11-32-16-5-3-15(4-6-16)23(24,25)26/h2-8,10,19,30H,9,11H2,1H3,(H3,27,28,29,31). The molecule has 4 N–H and O–H groups in total. The van der Waals surface area contributed by atoms with Crippen LogP contribution in [0.15, 0.2) is 48.5 Å². The molecule has 164 valence electrons. The average molecular weight is 439 g/mol. The normalized spacial score (nSPS) is 15.6. The van der Waals surface area contributed by atoms with Crippen molar-refractivity contribution in [2.24, 2.45) is 0 Å². The Balaban J connectivity index is 1.31. The third-order valence-corrected chi connectivity index (χ3v) is 5.52. The zero-order valence-corrected chi connectivity index (χ0v) is 17.1. The highest BCUT2D eigenvalue weighted by Crippen LogP contribution is 2.37. The summed E-state index contributed by atoms with van der Waals surface area (Å²) in [5, 5.41) is 3.52. The summed E-state index contributed by atoms with van der Waals surface area (Å²) in [5.41, 5.74) is 10.8. The Kier molecular flexibility index (Phi) is 4.69. The van der Waals surface area contributed by atoms with Gasteiger partial charge in [0.05, 0.1) is 17.1 Å². The van der Waals surface area contributed by atoms with Gasteiger partial charge in [-0.3, -0.25) is 0 Å². The number of rotatable bonds is 4. The number of aromatic nitrogens is 3. The fourth-order valence-corrected chi connectivity index (χ4v) is 4.02. The van der Waals surface area contributed by atoms with E-state index in [0.717, 1.165) is 52.3 Å². The highest BCUT2D eigenvalue weighted by Gasteiger charge is 2.30. The van der Waals surface area contributed by atoms with E-state index in [1.165, 1.54) is 12.1 Å². The number of hydrogen-bond donors (Lipinski definition) is 3. The van der Waals surface area contributed by atoms with Crippen LogP contribution in [0.3, 0.4) is 0 Å². The number of ether oxygens (including phenoxy) is 1. The van der Waals surface area contributed by atoms with E-state index in [2.05, 4.69) is 20.3 Å². The van der Waals surface area contributed by atoms with Crippen molar-refractivity contribution in [3.8, 4) is 5.75 Å². The number of benzene rings is 2. The maximum atomic E-state index is 12.7. The molecule has 1 aliphatic rings. The molecule has 6 nitrogen and oxygen atoms in total. The molecule has 4 aromatic rings. The summed E-state index contributed by atoms with van der Waals surface area (Å²) >= 11 is 0. The quantitative estimate of drug-likeness (QED) is 0.409. The van der Waals surface area contributed by atoms with Gasteiger partial charge in [-0.05, 0) is 60.9 Å². The van der Waals surface area contributed by atoms with Crippen LogP contribution in [0.25, 0.3) is 11.2 Å². The minimum Gasteiger partial charge on any atom is -0.489 e. The number of anilines is 2. The first-order chi connectivity index (χ1) is 15.3. The molecule has 2 aromatic heterocycles. The SMILES string of the molecule is Cc1nc2nc(N)cc(C3Cc4cc(COc5ccc(C(F)(F)F)cc5)ccc4N3)c2[nH]1. The number of aryl methyl sites for hydroxylation is 1. The first-order valence-corrected chi connectivity index (χ1v) is 10.1. The number of imidazole rings is 1. The van der Waals surface area contributed by atoms with Crippen molar-refractivity contribution >= 4 is 22.7 Å². The van der Waals surface area contributed by atoms with Crippen molar-refractivity contribution < 1.29 is 17.9 Å². The number of nitrogens with two attached hydrogens (primary N) is 1. The molecule has 0 fully saturated rings. The molecule has 0 spiro atoms. The Hall–Kier alpha value is -3.75. The maximum Gasteiger partial charge on any atom is 0.416 e. The number of H-pyrrole nitrogens is 1. The highest BCUT2D eigenvalue weighted by atomic mass is 19.4. The van der Waals surface area contributed by atoms with Crippen LogP contribution >= 0.6 is 0 Å². The molecule has 0 saturated heterocycles. The Bertz CT molecular complexity index is 1300. The van der Waals surface area contributed by atoms with Gasteiger partial charge in [0.15, 0.2) is 5.65 Å². The summed E-state index contributed by atoms with van der Waals surface area (Å²) in [4.78, 5) is 11.9. The molecule has 1 aliphatic heterocycles. The van der Waals surface area contributed by atoms with Gasteiger partial charge >= 0.3 is 6.18 Å². The van der Waals surface area contributed by atoms with Crippen LogP contribution in [-0.2, 0) is 19.2 Å². The van der Waals surface area contributed by atoms with Gasteiger partial charge in [0.25, 0.3) is 0 Å². The van der Waals surface area contributed by atoms with Crippen molar-refractivity contribution in [2.75, 3.05) is 11.1 Å². The molecule has 0 aliphatic carbocycles. The smallest absolute Gasteiger partial charge is 0.416 e. The van der Waals surface area contributed by atoms with Crippen molar-refractivity contribution in [2.45, 2.75) is 32.2 Å². The lowest BCUT2D eigenvalue weighted by Crippen LogP contribution is -2.08. The first-order valence-electron chi connectivity index (χ1n) is 10.1. The molecule has 2 aromatic carbocycles. The summed E-state index contributed by atoms with van der Waals surface area (Å²) in [6.07, 6.45) is -3.61. The topological polar surface area (TPSA) is 88.8 Å². The van der Waals surface area contributed by atoms with Gasteiger partial charge in [-0.25, -0.2) is 9.97 Å². The molecule has 0 radical (unpaired) electrons. The van der Waals surface area contributed by atoms with Crippen LogP contribution in [0.5, 0.6) is 5.75 Å². The van der Waals surface area contributed by atoms with Gasteiger partial charge in [0.2, 0.25) is 0 Å². The van der Waals surface area contributed by atoms with Gasteiger partial charge in [-0.15, -0.1) is 0 Å². The predicted octanol–water partition coefficient (Wildman–Crippen LogP) is 5.16. The summed E-state index contributed by atoms with van der Waals surface area (Å²) in [7, 11) is 0. The summed E-state index contributed by atoms with van der Waals surface area (Å²) < 4.78 is 43.8. The number of nitrogens with one attached hydrogen (secondary N) is 2. The minimum absolute atomic E-state index is 0.0173. The summed E-state index contributed by atoms with van der Waals surface area (Å²) in [6, 6.07) is 12.6. The number of alkyl halides is 3. The van der Waals surface area contributed by atoms with Gasteiger partial charge in [-0.2, -0.15) is 13.2 Å². The number of fused-ring (bicyclic) bond motifs is 2. The average Bonchev–Trinajstić information content (AvgIpc) is 3.33. The molecule has 1 atom stereocenters. The van der Waals surface area contributed by atoms with E-state index >= 15 is 0 Å². The Morgan fingerprint density at radius 3 is 2.62 bits per heavy atom. The van der Waals surface area contributed by atoms with E-state index in [4.69, 9.17) is 10.5 Å². The Labute approximate surface area is 181 Å². The lowest BCUT2D eigenvalue weighted by Gasteiger charge is -2.13. The van der Waals surface area contributed by atoms with E-state index in [-0.39, 0.29) is 12.6 Å². The molecular weight excluding hydrogens is 419 g/mol. The fourth-order valence-electron chi connectivity index (χ4n) is 4.02. The first kappa shape index (κ1) is 20.2. The molecule has 9 heteroatoms. The summed E-state index contributed by atoms with van der Waals surface area (Å²) in [6.45, 7) is 2.14. The highest BCUT2D eigenvalue weighted by molar-refractivity contribution is 5.79. The molecule has 0 amide bonds. The Morgan fingerprint density at radius 1 is 1.09 bits per heavy atom. The third-order valence-electron chi connectivity index (χ3n) is 5.52. The molecule has 0 saturated carbocycles. The number of halogens is 3. The van der Waals surface area contributed by atoms with E-state index in [1.807, 2.05) is 31.2 Å². The van der Waals surface area contributed by atoms with E-state index in [0.29, 0.717) is 17.2 Å². The second kappa shape index (κ2) is 7.44. The summed E-state index contributed by atoms with van der Waals surface area (Å²) in [5.74, 6) is 1.58. The van der Waals surface area contributed by atoms with Gasteiger partial charge < -0.3 is 20.8 Å². The van der Waals surface area contributed by atoms with Crippen LogP contribution < -0.4 is 15.8 Å². The predicted molar refractivity (Wildman–Crippen MR) is 115 cm³/mol. The second-order valence-electron chi connectivity index (χ2n) is 7.86. The van der Waals surface area contributed by atoms with Crippen molar-refractivity contribution in [1.82, 2.24) is 15.0 Å². The second-order valence-corrected chi connectivity index (χ2v) is 7.86. The number of hydrogen-bond acceptors (Lipinski definition) is 5. The largest absolute Gasteiger partial charge is 0.489 e. The van der Waals surface area contributed by atoms with Crippen LogP contribution in [0.1, 0.15) is 34.1 Å². The molecule has 32 heavy (non-hydrogen) atoms. The minimum atomic E-state index is -4.36. The Morgan fingerprint density at radius 2 is 1.88 bits per heavy atom. The lowest BCUT2D eigenvalue weighted by molar-refractivity contribution is -0.137. The van der Waals surface area contributed by atoms with Crippen molar-refractivity contribution in [3.05, 3.63) is 76.6 Å². The van der Waals surface area contributed by atoms with Gasteiger partial charge in [0, 0.05) is 11.3 Å². The maximum absolute atomic E-state index is 12.7. The number of aromatic amines is 1. The van der Waals surface area contributed by atoms with Crippen LogP contribution in [-0.4, -0.2) is 15.0 Å².